The summed E-state index contributed by atoms with van der Waals surface area (Å²) in [6.45, 7) is 0. The third-order valence-electron chi connectivity index (χ3n) is 0.552. The lowest BCUT2D eigenvalue weighted by atomic mass is 10.7. The Morgan fingerprint density at radius 1 is 1.25 bits per heavy atom. The maximum absolute atomic E-state index is 3.86. The van der Waals surface area contributed by atoms with Crippen molar-refractivity contribution < 1.29 is 0 Å². The molecule has 1 rings (SSSR count). The fraction of sp³-hybridized carbons (Fsp3) is 0. The number of aromatic nitrogens is 2. The van der Waals surface area contributed by atoms with Crippen LogP contribution in [0.4, 0.5) is 0 Å². The van der Waals surface area contributed by atoms with E-state index in [0.29, 0.717) is 5.16 Å². The molecule has 8 heavy (non-hydrogen) atoms. The third-order valence-corrected chi connectivity index (χ3v) is 0.783. The second-order valence-electron chi connectivity index (χ2n) is 1.05. The summed E-state index contributed by atoms with van der Waals surface area (Å²) in [5, 5.41) is 0.516. The Hall–Kier alpha value is -0.280. The molecular formula is C4H5ClN2S. The molecule has 1 aromatic heterocycles. The smallest absolute Gasteiger partial charge is 0.184 e. The highest BCUT2D eigenvalue weighted by atomic mass is 35.5. The summed E-state index contributed by atoms with van der Waals surface area (Å²) in [7, 11) is 0. The van der Waals surface area contributed by atoms with E-state index in [1.807, 2.05) is 0 Å². The number of rotatable bonds is 0. The lowest BCUT2D eigenvalue weighted by Crippen LogP contribution is -1.75. The zero-order valence-corrected chi connectivity index (χ0v) is 5.69. The van der Waals surface area contributed by atoms with E-state index in [1.54, 1.807) is 18.5 Å². The quantitative estimate of drug-likeness (QED) is 0.442. The van der Waals surface area contributed by atoms with Crippen LogP contribution in [0.25, 0.3) is 0 Å². The molecule has 2 nitrogen and oxygen atoms in total. The average molecular weight is 149 g/mol. The van der Waals surface area contributed by atoms with Gasteiger partial charge < -0.3 is 0 Å². The minimum Gasteiger partial charge on any atom is -0.231 e. The Kier molecular flexibility index (Phi) is 3.56. The molecule has 44 valence electrons. The first kappa shape index (κ1) is 7.72. The summed E-state index contributed by atoms with van der Waals surface area (Å²) in [5.41, 5.74) is 0. The van der Waals surface area contributed by atoms with E-state index in [1.165, 1.54) is 0 Å². The van der Waals surface area contributed by atoms with Crippen molar-refractivity contribution in [1.82, 2.24) is 9.97 Å². The van der Waals surface area contributed by atoms with Gasteiger partial charge in [0.2, 0.25) is 0 Å². The van der Waals surface area contributed by atoms with Crippen molar-refractivity contribution in [1.29, 1.82) is 0 Å². The van der Waals surface area contributed by atoms with Crippen LogP contribution in [0.15, 0.2) is 23.6 Å². The van der Waals surface area contributed by atoms with Crippen molar-refractivity contribution in [2.24, 2.45) is 0 Å². The molecule has 0 saturated carbocycles. The molecule has 0 aromatic carbocycles. The van der Waals surface area contributed by atoms with Gasteiger partial charge in [-0.05, 0) is 6.07 Å². The molecule has 1 heterocycles. The minimum absolute atomic E-state index is 0. The maximum atomic E-state index is 3.86. The van der Waals surface area contributed by atoms with Gasteiger partial charge in [0.05, 0.1) is 0 Å². The van der Waals surface area contributed by atoms with Crippen molar-refractivity contribution in [3.8, 4) is 0 Å². The number of thiol groups is 1. The molecule has 4 heteroatoms. The van der Waals surface area contributed by atoms with Crippen LogP contribution in [-0.2, 0) is 0 Å². The van der Waals surface area contributed by atoms with E-state index in [-0.39, 0.29) is 12.4 Å². The topological polar surface area (TPSA) is 25.8 Å². The van der Waals surface area contributed by atoms with E-state index in [4.69, 9.17) is 0 Å². The van der Waals surface area contributed by atoms with Gasteiger partial charge in [0.15, 0.2) is 5.16 Å². The van der Waals surface area contributed by atoms with Crippen molar-refractivity contribution in [3.05, 3.63) is 18.5 Å². The summed E-state index contributed by atoms with van der Waals surface area (Å²) in [4.78, 5) is 7.46. The van der Waals surface area contributed by atoms with Crippen LogP contribution in [0.5, 0.6) is 0 Å². The van der Waals surface area contributed by atoms with Crippen molar-refractivity contribution in [3.63, 3.8) is 0 Å². The lowest BCUT2D eigenvalue weighted by molar-refractivity contribution is 0.975. The van der Waals surface area contributed by atoms with Crippen LogP contribution in [0.2, 0.25) is 0 Å². The van der Waals surface area contributed by atoms with Crippen LogP contribution in [-0.4, -0.2) is 9.97 Å². The predicted molar refractivity (Wildman–Crippen MR) is 36.5 cm³/mol. The fourth-order valence-electron chi connectivity index (χ4n) is 0.291. The summed E-state index contributed by atoms with van der Waals surface area (Å²) < 4.78 is 0. The average Bonchev–Trinajstić information content (AvgIpc) is 1.69. The molecule has 0 aliphatic heterocycles. The maximum Gasteiger partial charge on any atom is 0.184 e. The lowest BCUT2D eigenvalue weighted by Gasteiger charge is -1.80. The molecule has 0 aliphatic carbocycles. The molecule has 0 spiro atoms. The Morgan fingerprint density at radius 2 is 1.75 bits per heavy atom. The fourth-order valence-corrected chi connectivity index (χ4v) is 0.425. The van der Waals surface area contributed by atoms with E-state index >= 15 is 0 Å². The van der Waals surface area contributed by atoms with Gasteiger partial charge in [0, 0.05) is 12.4 Å². The van der Waals surface area contributed by atoms with Gasteiger partial charge in [-0.3, -0.25) is 0 Å². The van der Waals surface area contributed by atoms with E-state index < -0.39 is 0 Å². The van der Waals surface area contributed by atoms with E-state index in [9.17, 15) is 0 Å². The van der Waals surface area contributed by atoms with E-state index in [0.717, 1.165) is 0 Å². The summed E-state index contributed by atoms with van der Waals surface area (Å²) in [5.74, 6) is 0. The molecule has 0 fully saturated rings. The minimum atomic E-state index is 0. The Labute approximate surface area is 59.2 Å². The highest BCUT2D eigenvalue weighted by Crippen LogP contribution is 1.89. The van der Waals surface area contributed by atoms with Crippen molar-refractivity contribution in [2.45, 2.75) is 5.16 Å². The second-order valence-corrected chi connectivity index (χ2v) is 1.45. The molecule has 0 aliphatic rings. The summed E-state index contributed by atoms with van der Waals surface area (Å²) in [6.07, 6.45) is 3.30. The Balaban J connectivity index is 0.000000490. The monoisotopic (exact) mass is 148 g/mol. The van der Waals surface area contributed by atoms with Gasteiger partial charge >= 0.3 is 0 Å². The highest BCUT2D eigenvalue weighted by Gasteiger charge is 1.76. The standard InChI is InChI=1S/C4H4N2S.ClH/c7-4-5-2-1-3-6-4;/h1-3H,(H,5,6,7);1H. The second kappa shape index (κ2) is 3.69. The molecule has 0 radical (unpaired) electrons. The van der Waals surface area contributed by atoms with Gasteiger partial charge in [-0.1, -0.05) is 0 Å². The normalized spacial score (nSPS) is 7.62. The van der Waals surface area contributed by atoms with Crippen LogP contribution in [0, 0.1) is 0 Å². The summed E-state index contributed by atoms with van der Waals surface area (Å²) >= 11 is 3.86. The van der Waals surface area contributed by atoms with Crippen LogP contribution in [0.1, 0.15) is 0 Å². The van der Waals surface area contributed by atoms with Gasteiger partial charge in [0.25, 0.3) is 0 Å². The van der Waals surface area contributed by atoms with Crippen LogP contribution >= 0.6 is 25.0 Å². The molecule has 1 aromatic rings. The van der Waals surface area contributed by atoms with Gasteiger partial charge in [-0.15, -0.1) is 25.0 Å². The summed E-state index contributed by atoms with van der Waals surface area (Å²) in [6, 6.07) is 1.75. The Bertz CT molecular complexity index is 144. The molecule has 0 amide bonds. The zero-order chi connectivity index (χ0) is 5.11. The zero-order valence-electron chi connectivity index (χ0n) is 3.98. The SMILES string of the molecule is Cl.Sc1ncccn1. The molecule has 0 unspecified atom stereocenters. The first-order chi connectivity index (χ1) is 3.39. The molecule has 0 bridgehead atoms. The Morgan fingerprint density at radius 3 is 2.00 bits per heavy atom. The van der Waals surface area contributed by atoms with E-state index in [2.05, 4.69) is 22.6 Å². The molecular weight excluding hydrogens is 144 g/mol. The number of nitrogens with zero attached hydrogens (tertiary/aromatic N) is 2. The first-order valence-electron chi connectivity index (χ1n) is 1.85. The largest absolute Gasteiger partial charge is 0.231 e. The van der Waals surface area contributed by atoms with Gasteiger partial charge in [-0.25, -0.2) is 9.97 Å². The first-order valence-corrected chi connectivity index (χ1v) is 2.30. The molecule has 0 saturated heterocycles. The van der Waals surface area contributed by atoms with Crippen LogP contribution < -0.4 is 0 Å². The number of halogens is 1. The van der Waals surface area contributed by atoms with Crippen molar-refractivity contribution in [2.75, 3.05) is 0 Å². The van der Waals surface area contributed by atoms with Crippen molar-refractivity contribution >= 4 is 25.0 Å². The number of hydrogen-bond donors (Lipinski definition) is 1. The highest BCUT2D eigenvalue weighted by molar-refractivity contribution is 7.80. The van der Waals surface area contributed by atoms with Gasteiger partial charge in [-0.2, -0.15) is 0 Å². The molecule has 0 atom stereocenters. The predicted octanol–water partition coefficient (Wildman–Crippen LogP) is 1.19. The third kappa shape index (κ3) is 2.14. The van der Waals surface area contributed by atoms with Crippen LogP contribution in [0.3, 0.4) is 0 Å². The number of hydrogen-bond acceptors (Lipinski definition) is 3. The molecule has 0 N–H and O–H groups in total. The van der Waals surface area contributed by atoms with Gasteiger partial charge in [0.1, 0.15) is 0 Å².